The van der Waals surface area contributed by atoms with Crippen molar-refractivity contribution in [2.75, 3.05) is 11.5 Å². The lowest BCUT2D eigenvalue weighted by Gasteiger charge is -2.27. The molecule has 18 nitrogen and oxygen atoms in total. The Morgan fingerprint density at radius 3 is 1.76 bits per heavy atom. The number of aromatic nitrogens is 1. The van der Waals surface area contributed by atoms with E-state index in [1.807, 2.05) is 0 Å². The van der Waals surface area contributed by atoms with Crippen molar-refractivity contribution in [2.24, 2.45) is 11.5 Å². The second kappa shape index (κ2) is 21.3. The van der Waals surface area contributed by atoms with E-state index in [0.29, 0.717) is 22.0 Å². The largest absolute Gasteiger partial charge is 0.481 e. The topological polar surface area (TPSA) is 305 Å². The van der Waals surface area contributed by atoms with E-state index in [1.165, 1.54) is 0 Å². The molecule has 55 heavy (non-hydrogen) atoms. The molecule has 0 aliphatic rings. The minimum atomic E-state index is -1.70. The molecule has 6 amide bonds. The third kappa shape index (κ3) is 13.6. The molecule has 3 rings (SSSR count). The van der Waals surface area contributed by atoms with E-state index in [4.69, 9.17) is 11.5 Å². The molecule has 0 saturated heterocycles. The highest BCUT2D eigenvalue weighted by atomic mass is 32.1. The number of nitrogens with two attached hydrogens (primary N) is 2. The summed E-state index contributed by atoms with van der Waals surface area (Å²) in [5, 5.41) is 31.7. The van der Waals surface area contributed by atoms with Gasteiger partial charge in [0.05, 0.1) is 12.5 Å². The zero-order valence-electron chi connectivity index (χ0n) is 29.4. The Morgan fingerprint density at radius 2 is 1.18 bits per heavy atom. The van der Waals surface area contributed by atoms with Crippen LogP contribution in [0.2, 0.25) is 0 Å². The van der Waals surface area contributed by atoms with Crippen LogP contribution in [0.5, 0.6) is 0 Å². The molecule has 2 aromatic carbocycles. The summed E-state index contributed by atoms with van der Waals surface area (Å²) in [6.07, 6.45) is -0.323. The van der Waals surface area contributed by atoms with Crippen LogP contribution >= 0.6 is 25.3 Å². The van der Waals surface area contributed by atoms with Crippen molar-refractivity contribution in [3.63, 3.8) is 0 Å². The van der Waals surface area contributed by atoms with Crippen molar-refractivity contribution in [3.8, 4) is 0 Å². The van der Waals surface area contributed by atoms with Gasteiger partial charge in [-0.15, -0.1) is 0 Å². The average Bonchev–Trinajstić information content (AvgIpc) is 3.56. The van der Waals surface area contributed by atoms with Gasteiger partial charge in [0, 0.05) is 47.9 Å². The van der Waals surface area contributed by atoms with Crippen LogP contribution in [0.4, 0.5) is 0 Å². The van der Waals surface area contributed by atoms with Gasteiger partial charge >= 0.3 is 11.9 Å². The lowest BCUT2D eigenvalue weighted by molar-refractivity contribution is -0.142. The minimum Gasteiger partial charge on any atom is -0.481 e. The maximum Gasteiger partial charge on any atom is 0.327 e. The molecule has 0 radical (unpaired) electrons. The number of H-pyrrole nitrogens is 1. The van der Waals surface area contributed by atoms with Crippen molar-refractivity contribution in [1.82, 2.24) is 31.6 Å². The van der Waals surface area contributed by atoms with E-state index in [2.05, 4.69) is 56.8 Å². The lowest BCUT2D eigenvalue weighted by Crippen LogP contribution is -2.60. The third-order valence-electron chi connectivity index (χ3n) is 8.30. The molecule has 6 atom stereocenters. The molecule has 3 aromatic rings. The first-order valence-electron chi connectivity index (χ1n) is 16.9. The number of carbonyl (C=O) groups is 8. The number of carboxylic acids is 2. The van der Waals surface area contributed by atoms with Gasteiger partial charge in [0.2, 0.25) is 35.4 Å². The SMILES string of the molecule is NC(=O)CC[C@H](NC(=O)[C@H](CC(=O)O)NC(=O)[C@@H](N)CS)C(=O)N[C@@H](Cc1c[nH]c2ccccc12)C(=O)N[C@@H](Cc1ccccc1)C(=O)N[C@@H](CS)C(=O)O. The fraction of sp³-hybridized carbons (Fsp3) is 0.371. The van der Waals surface area contributed by atoms with Crippen molar-refractivity contribution >= 4 is 83.5 Å². The van der Waals surface area contributed by atoms with Gasteiger partial charge in [0.15, 0.2) is 0 Å². The Kier molecular flexibility index (Phi) is 17.0. The number of aromatic amines is 1. The van der Waals surface area contributed by atoms with Crippen LogP contribution in [0.15, 0.2) is 60.8 Å². The quantitative estimate of drug-likeness (QED) is 0.0513. The third-order valence-corrected chi connectivity index (χ3v) is 9.06. The molecule has 12 N–H and O–H groups in total. The van der Waals surface area contributed by atoms with Gasteiger partial charge in [-0.05, 0) is 23.6 Å². The predicted molar refractivity (Wildman–Crippen MR) is 206 cm³/mol. The molecule has 1 heterocycles. The van der Waals surface area contributed by atoms with E-state index in [9.17, 15) is 48.6 Å². The van der Waals surface area contributed by atoms with Gasteiger partial charge in [-0.2, -0.15) is 25.3 Å². The highest BCUT2D eigenvalue weighted by Gasteiger charge is 2.34. The molecule has 0 saturated carbocycles. The number of rotatable bonds is 22. The maximum absolute atomic E-state index is 14.1. The molecule has 296 valence electrons. The fourth-order valence-electron chi connectivity index (χ4n) is 5.36. The molecule has 0 aliphatic heterocycles. The van der Waals surface area contributed by atoms with Crippen LogP contribution in [0.1, 0.15) is 30.4 Å². The molecule has 0 unspecified atom stereocenters. The molecule has 0 bridgehead atoms. The Morgan fingerprint density at radius 1 is 0.655 bits per heavy atom. The molecular formula is C35H44N8O10S2. The smallest absolute Gasteiger partial charge is 0.327 e. The second-order valence-corrected chi connectivity index (χ2v) is 13.2. The summed E-state index contributed by atoms with van der Waals surface area (Å²) in [6.45, 7) is 0. The van der Waals surface area contributed by atoms with Crippen molar-refractivity contribution < 1.29 is 48.6 Å². The first-order valence-corrected chi connectivity index (χ1v) is 18.2. The number of benzene rings is 2. The summed E-state index contributed by atoms with van der Waals surface area (Å²) in [7, 11) is 0. The first-order chi connectivity index (χ1) is 26.1. The predicted octanol–water partition coefficient (Wildman–Crippen LogP) is -1.61. The molecule has 0 aliphatic carbocycles. The second-order valence-electron chi connectivity index (χ2n) is 12.5. The number of para-hydroxylation sites is 1. The minimum absolute atomic E-state index is 0.0735. The number of primary amides is 1. The van der Waals surface area contributed by atoms with Crippen molar-refractivity contribution in [3.05, 3.63) is 71.9 Å². The van der Waals surface area contributed by atoms with Crippen LogP contribution in [0.3, 0.4) is 0 Å². The number of carboxylic acid groups (broad SMARTS) is 2. The van der Waals surface area contributed by atoms with Gasteiger partial charge in [0.25, 0.3) is 0 Å². The number of nitrogens with one attached hydrogen (secondary N) is 6. The van der Waals surface area contributed by atoms with Crippen molar-refractivity contribution in [1.29, 1.82) is 0 Å². The summed E-state index contributed by atoms with van der Waals surface area (Å²) < 4.78 is 0. The number of fused-ring (bicyclic) bond motifs is 1. The summed E-state index contributed by atoms with van der Waals surface area (Å²) in [6, 6.07) is 7.03. The number of hydrogen-bond acceptors (Lipinski definition) is 11. The van der Waals surface area contributed by atoms with Crippen LogP contribution in [-0.4, -0.2) is 110 Å². The first kappa shape index (κ1) is 43.8. The van der Waals surface area contributed by atoms with E-state index < -0.39 is 103 Å². The van der Waals surface area contributed by atoms with Crippen LogP contribution in [0.25, 0.3) is 10.9 Å². The summed E-state index contributed by atoms with van der Waals surface area (Å²) in [5.74, 6) is -8.73. The normalized spacial score (nSPS) is 14.2. The zero-order chi connectivity index (χ0) is 40.7. The average molecular weight is 801 g/mol. The lowest BCUT2D eigenvalue weighted by atomic mass is 10.0. The Hall–Kier alpha value is -5.60. The standard InChI is InChI=1S/C35H44N8O10S2/c36-21(16-54)30(47)40-26(14-29(45)46)34(51)39-23(10-11-28(37)44)31(48)42-25(13-19-15-38-22-9-5-4-8-20(19)22)33(50)41-24(12-18-6-2-1-3-7-18)32(49)43-27(17-55)35(52)53/h1-9,15,21,23-27,38,54-55H,10-14,16-17,36H2,(H2,37,44)(H,39,51)(H,40,47)(H,41,50)(H,42,48)(H,43,49)(H,45,46)(H,52,53)/t21-,23-,24-,25-,26-,27-/m0/s1. The highest BCUT2D eigenvalue weighted by Crippen LogP contribution is 2.20. The molecular weight excluding hydrogens is 757 g/mol. The van der Waals surface area contributed by atoms with Crippen molar-refractivity contribution in [2.45, 2.75) is 68.4 Å². The van der Waals surface area contributed by atoms with Crippen LogP contribution in [0, 0.1) is 0 Å². The molecule has 20 heteroatoms. The Labute approximate surface area is 326 Å². The maximum atomic E-state index is 14.1. The van der Waals surface area contributed by atoms with Crippen LogP contribution < -0.4 is 38.1 Å². The zero-order valence-corrected chi connectivity index (χ0v) is 31.2. The number of hydrogen-bond donors (Lipinski definition) is 12. The number of thiol groups is 2. The van der Waals surface area contributed by atoms with E-state index in [-0.39, 0.29) is 24.3 Å². The Bertz CT molecular complexity index is 1860. The van der Waals surface area contributed by atoms with E-state index in [0.717, 1.165) is 0 Å². The van der Waals surface area contributed by atoms with Gasteiger partial charge in [-0.1, -0.05) is 48.5 Å². The van der Waals surface area contributed by atoms with Gasteiger partial charge in [-0.3, -0.25) is 33.6 Å². The number of amides is 6. The van der Waals surface area contributed by atoms with Gasteiger partial charge in [0.1, 0.15) is 30.2 Å². The highest BCUT2D eigenvalue weighted by molar-refractivity contribution is 7.80. The van der Waals surface area contributed by atoms with Crippen LogP contribution in [-0.2, 0) is 51.2 Å². The molecule has 1 aromatic heterocycles. The summed E-state index contributed by atoms with van der Waals surface area (Å²) in [5.41, 5.74) is 12.9. The fourth-order valence-corrected chi connectivity index (χ4v) is 5.78. The molecule has 0 fully saturated rings. The number of aliphatic carboxylic acids is 2. The Balaban J connectivity index is 1.98. The summed E-state index contributed by atoms with van der Waals surface area (Å²) in [4.78, 5) is 105. The monoisotopic (exact) mass is 800 g/mol. The van der Waals surface area contributed by atoms with E-state index in [1.54, 1.807) is 60.8 Å². The van der Waals surface area contributed by atoms with Gasteiger partial charge < -0.3 is 53.2 Å². The molecule has 0 spiro atoms. The summed E-state index contributed by atoms with van der Waals surface area (Å²) >= 11 is 7.92. The van der Waals surface area contributed by atoms with Gasteiger partial charge in [-0.25, -0.2) is 4.79 Å². The van der Waals surface area contributed by atoms with E-state index >= 15 is 0 Å². The number of carbonyl (C=O) groups excluding carboxylic acids is 6.